The maximum Gasteiger partial charge on any atom is 0.422 e. The second-order valence-electron chi connectivity index (χ2n) is 6.02. The van der Waals surface area contributed by atoms with Gasteiger partial charge in [-0.25, -0.2) is 4.99 Å². The number of hydrogen-bond acceptors (Lipinski definition) is 3. The number of nitrogens with zero attached hydrogens (tertiary/aromatic N) is 2. The molecule has 1 unspecified atom stereocenters. The molecule has 1 atom stereocenters. The molecule has 0 aromatic heterocycles. The number of halogens is 4. The van der Waals surface area contributed by atoms with Crippen molar-refractivity contribution in [2.45, 2.75) is 38.5 Å². The van der Waals surface area contributed by atoms with Crippen molar-refractivity contribution >= 4 is 29.9 Å². The smallest absolute Gasteiger partial charge is 0.422 e. The largest absolute Gasteiger partial charge is 0.484 e. The fourth-order valence-electron chi connectivity index (χ4n) is 2.93. The second kappa shape index (κ2) is 10.8. The van der Waals surface area contributed by atoms with Crippen LogP contribution in [0.5, 0.6) is 5.75 Å². The lowest BCUT2D eigenvalue weighted by Gasteiger charge is -2.23. The van der Waals surface area contributed by atoms with Crippen LogP contribution in [-0.4, -0.2) is 49.3 Å². The first-order chi connectivity index (χ1) is 11.9. The lowest BCUT2D eigenvalue weighted by molar-refractivity contribution is -0.153. The van der Waals surface area contributed by atoms with E-state index in [0.717, 1.165) is 26.1 Å². The molecule has 0 saturated carbocycles. The van der Waals surface area contributed by atoms with E-state index < -0.39 is 12.8 Å². The van der Waals surface area contributed by atoms with Crippen LogP contribution in [0.3, 0.4) is 0 Å². The van der Waals surface area contributed by atoms with Gasteiger partial charge in [-0.3, -0.25) is 4.90 Å². The molecule has 1 aliphatic heterocycles. The van der Waals surface area contributed by atoms with E-state index in [9.17, 15) is 13.2 Å². The number of aliphatic imine (C=N–C) groups is 1. The van der Waals surface area contributed by atoms with Crippen LogP contribution >= 0.6 is 24.0 Å². The van der Waals surface area contributed by atoms with Gasteiger partial charge in [0.2, 0.25) is 0 Å². The molecule has 2 rings (SSSR count). The molecular weight excluding hydrogens is 460 g/mol. The van der Waals surface area contributed by atoms with E-state index >= 15 is 0 Å². The van der Waals surface area contributed by atoms with Crippen LogP contribution in [-0.2, 0) is 6.54 Å². The minimum Gasteiger partial charge on any atom is -0.484 e. The third kappa shape index (κ3) is 7.56. The van der Waals surface area contributed by atoms with Crippen LogP contribution < -0.4 is 15.8 Å². The summed E-state index contributed by atoms with van der Waals surface area (Å²) in [6.45, 7) is 3.80. The van der Waals surface area contributed by atoms with Gasteiger partial charge in [0, 0.05) is 18.2 Å². The Hall–Kier alpha value is -1.23. The molecule has 5 nitrogen and oxygen atoms in total. The van der Waals surface area contributed by atoms with E-state index in [-0.39, 0.29) is 42.2 Å². The molecule has 0 radical (unpaired) electrons. The normalized spacial score (nSPS) is 18.5. The molecule has 26 heavy (non-hydrogen) atoms. The Balaban J connectivity index is 0.00000338. The molecule has 9 heteroatoms. The maximum absolute atomic E-state index is 12.3. The minimum absolute atomic E-state index is 0. The van der Waals surface area contributed by atoms with E-state index in [0.29, 0.717) is 11.6 Å². The van der Waals surface area contributed by atoms with Gasteiger partial charge in [-0.1, -0.05) is 25.1 Å². The molecule has 0 spiro atoms. The predicted molar refractivity (Wildman–Crippen MR) is 107 cm³/mol. The Morgan fingerprint density at radius 3 is 2.81 bits per heavy atom. The summed E-state index contributed by atoms with van der Waals surface area (Å²) in [7, 11) is 0. The SMILES string of the molecule is CCN1CCCC1CNC(N)=NCc1ccccc1OCC(F)(F)F.I. The van der Waals surface area contributed by atoms with Crippen LogP contribution in [0.4, 0.5) is 13.2 Å². The van der Waals surface area contributed by atoms with E-state index in [4.69, 9.17) is 10.5 Å². The average molecular weight is 486 g/mol. The highest BCUT2D eigenvalue weighted by atomic mass is 127. The van der Waals surface area contributed by atoms with Crippen LogP contribution in [0.2, 0.25) is 0 Å². The van der Waals surface area contributed by atoms with Crippen molar-refractivity contribution in [3.8, 4) is 5.75 Å². The number of likely N-dealkylation sites (N-methyl/N-ethyl adjacent to an activating group) is 1. The van der Waals surface area contributed by atoms with E-state index in [1.54, 1.807) is 18.2 Å². The van der Waals surface area contributed by atoms with Crippen molar-refractivity contribution in [2.75, 3.05) is 26.2 Å². The van der Waals surface area contributed by atoms with Crippen molar-refractivity contribution in [3.05, 3.63) is 29.8 Å². The number of rotatable bonds is 7. The number of ether oxygens (including phenoxy) is 1. The molecule has 1 saturated heterocycles. The Kier molecular flexibility index (Phi) is 9.48. The summed E-state index contributed by atoms with van der Waals surface area (Å²) in [4.78, 5) is 6.60. The Labute approximate surface area is 169 Å². The zero-order chi connectivity index (χ0) is 18.3. The topological polar surface area (TPSA) is 62.9 Å². The van der Waals surface area contributed by atoms with Gasteiger partial charge in [0.15, 0.2) is 12.6 Å². The van der Waals surface area contributed by atoms with Crippen molar-refractivity contribution in [2.24, 2.45) is 10.7 Å². The number of benzene rings is 1. The van der Waals surface area contributed by atoms with Gasteiger partial charge in [0.05, 0.1) is 6.54 Å². The first kappa shape index (κ1) is 22.8. The Morgan fingerprint density at radius 1 is 1.38 bits per heavy atom. The lowest BCUT2D eigenvalue weighted by atomic mass is 10.2. The van der Waals surface area contributed by atoms with Crippen LogP contribution in [0.15, 0.2) is 29.3 Å². The number of hydrogen-bond donors (Lipinski definition) is 2. The zero-order valence-electron chi connectivity index (χ0n) is 14.8. The van der Waals surface area contributed by atoms with E-state index in [1.165, 1.54) is 12.5 Å². The number of likely N-dealkylation sites (tertiary alicyclic amines) is 1. The fraction of sp³-hybridized carbons (Fsp3) is 0.588. The number of para-hydroxylation sites is 1. The van der Waals surface area contributed by atoms with Gasteiger partial charge in [-0.2, -0.15) is 13.2 Å². The van der Waals surface area contributed by atoms with E-state index in [2.05, 4.69) is 22.1 Å². The summed E-state index contributed by atoms with van der Waals surface area (Å²) in [6.07, 6.45) is -2.06. The average Bonchev–Trinajstić information content (AvgIpc) is 3.04. The van der Waals surface area contributed by atoms with Crippen molar-refractivity contribution in [1.82, 2.24) is 10.2 Å². The highest BCUT2D eigenvalue weighted by Crippen LogP contribution is 2.22. The molecule has 1 aromatic carbocycles. The van der Waals surface area contributed by atoms with Gasteiger partial charge >= 0.3 is 6.18 Å². The van der Waals surface area contributed by atoms with Crippen LogP contribution in [0, 0.1) is 0 Å². The maximum atomic E-state index is 12.3. The van der Waals surface area contributed by atoms with Crippen molar-refractivity contribution in [1.29, 1.82) is 0 Å². The van der Waals surface area contributed by atoms with Gasteiger partial charge in [0.1, 0.15) is 5.75 Å². The highest BCUT2D eigenvalue weighted by molar-refractivity contribution is 14.0. The summed E-state index contributed by atoms with van der Waals surface area (Å²) >= 11 is 0. The van der Waals surface area contributed by atoms with Crippen molar-refractivity contribution in [3.63, 3.8) is 0 Å². The molecule has 1 aliphatic rings. The number of nitrogens with one attached hydrogen (secondary N) is 1. The summed E-state index contributed by atoms with van der Waals surface area (Å²) in [6, 6.07) is 6.98. The van der Waals surface area contributed by atoms with Crippen LogP contribution in [0.1, 0.15) is 25.3 Å². The molecule has 0 amide bonds. The lowest BCUT2D eigenvalue weighted by Crippen LogP contribution is -2.42. The molecule has 1 aromatic rings. The number of nitrogens with two attached hydrogens (primary N) is 1. The number of alkyl halides is 3. The first-order valence-corrected chi connectivity index (χ1v) is 8.44. The van der Waals surface area contributed by atoms with Gasteiger partial charge in [0.25, 0.3) is 0 Å². The van der Waals surface area contributed by atoms with Gasteiger partial charge in [-0.15, -0.1) is 24.0 Å². The molecule has 3 N–H and O–H groups in total. The minimum atomic E-state index is -4.37. The van der Waals surface area contributed by atoms with Gasteiger partial charge in [-0.05, 0) is 32.0 Å². The summed E-state index contributed by atoms with van der Waals surface area (Å²) in [5.74, 6) is 0.456. The molecule has 0 aliphatic carbocycles. The number of guanidine groups is 1. The van der Waals surface area contributed by atoms with E-state index in [1.807, 2.05) is 0 Å². The fourth-order valence-corrected chi connectivity index (χ4v) is 2.93. The monoisotopic (exact) mass is 486 g/mol. The quantitative estimate of drug-likeness (QED) is 0.353. The van der Waals surface area contributed by atoms with Crippen molar-refractivity contribution < 1.29 is 17.9 Å². The highest BCUT2D eigenvalue weighted by Gasteiger charge is 2.28. The zero-order valence-corrected chi connectivity index (χ0v) is 17.1. The standard InChI is InChI=1S/C17H25F3N4O.HI/c1-2-24-9-5-7-14(24)11-23-16(21)22-10-13-6-3-4-8-15(13)25-12-17(18,19)20;/h3-4,6,8,14H,2,5,7,9-12H2,1H3,(H3,21,22,23);1H. The molecular formula is C17H26F3IN4O. The van der Waals surface area contributed by atoms with Gasteiger partial charge < -0.3 is 15.8 Å². The summed E-state index contributed by atoms with van der Waals surface area (Å²) < 4.78 is 41.8. The Bertz CT molecular complexity index is 583. The molecule has 0 bridgehead atoms. The predicted octanol–water partition coefficient (Wildman–Crippen LogP) is 3.13. The summed E-state index contributed by atoms with van der Waals surface area (Å²) in [5, 5.41) is 3.10. The third-order valence-corrected chi connectivity index (χ3v) is 4.21. The molecule has 148 valence electrons. The first-order valence-electron chi connectivity index (χ1n) is 8.44. The summed E-state index contributed by atoms with van der Waals surface area (Å²) in [5.41, 5.74) is 6.44. The van der Waals surface area contributed by atoms with Crippen LogP contribution in [0.25, 0.3) is 0 Å². The second-order valence-corrected chi connectivity index (χ2v) is 6.02. The molecule has 1 fully saturated rings. The Morgan fingerprint density at radius 2 is 2.12 bits per heavy atom. The molecule has 1 heterocycles. The third-order valence-electron chi connectivity index (χ3n) is 4.21.